The first-order valence-corrected chi connectivity index (χ1v) is 10.4. The van der Waals surface area contributed by atoms with Crippen LogP contribution < -0.4 is 10.6 Å². The second-order valence-corrected chi connectivity index (χ2v) is 8.44. The Bertz CT molecular complexity index is 1210. The molecule has 1 fully saturated rings. The van der Waals surface area contributed by atoms with E-state index in [0.29, 0.717) is 30.2 Å². The molecule has 3 N–H and O–H groups in total. The minimum atomic E-state index is -0.967. The summed E-state index contributed by atoms with van der Waals surface area (Å²) >= 11 is 3.55. The summed E-state index contributed by atoms with van der Waals surface area (Å²) in [6, 6.07) is 5.56. The maximum atomic E-state index is 14.1. The third kappa shape index (κ3) is 3.46. The van der Waals surface area contributed by atoms with E-state index in [1.54, 1.807) is 17.1 Å². The third-order valence-corrected chi connectivity index (χ3v) is 5.87. The van der Waals surface area contributed by atoms with Gasteiger partial charge >= 0.3 is 0 Å². The number of nitrogens with zero attached hydrogens (tertiary/aromatic N) is 6. The Morgan fingerprint density at radius 1 is 1.23 bits per heavy atom. The Balaban J connectivity index is 1.57. The molecule has 5 rings (SSSR count). The van der Waals surface area contributed by atoms with Gasteiger partial charge in [0.05, 0.1) is 40.3 Å². The van der Waals surface area contributed by atoms with Gasteiger partial charge in [0.15, 0.2) is 0 Å². The van der Waals surface area contributed by atoms with Crippen LogP contribution in [-0.2, 0) is 7.05 Å². The SMILES string of the molecule is Cn1cc(-c2cc3c(-c4ccc(Br)c(N5C[C@@H](N)C[C@@H](F)C5)n4)n[nH]c3cn2)cn1. The van der Waals surface area contributed by atoms with Crippen molar-refractivity contribution < 1.29 is 4.39 Å². The van der Waals surface area contributed by atoms with Gasteiger partial charge in [0.1, 0.15) is 17.7 Å². The first-order chi connectivity index (χ1) is 14.5. The van der Waals surface area contributed by atoms with E-state index in [4.69, 9.17) is 10.7 Å². The summed E-state index contributed by atoms with van der Waals surface area (Å²) in [5.41, 5.74) is 9.97. The number of rotatable bonds is 3. The predicted molar refractivity (Wildman–Crippen MR) is 117 cm³/mol. The van der Waals surface area contributed by atoms with E-state index in [1.807, 2.05) is 36.3 Å². The fourth-order valence-corrected chi connectivity index (χ4v) is 4.33. The second kappa shape index (κ2) is 7.44. The fourth-order valence-electron chi connectivity index (χ4n) is 3.86. The summed E-state index contributed by atoms with van der Waals surface area (Å²) in [7, 11) is 1.87. The molecule has 0 amide bonds. The highest BCUT2D eigenvalue weighted by Gasteiger charge is 2.27. The van der Waals surface area contributed by atoms with E-state index in [1.165, 1.54) is 0 Å². The van der Waals surface area contributed by atoms with Crippen molar-refractivity contribution in [3.8, 4) is 22.6 Å². The van der Waals surface area contributed by atoms with Crippen molar-refractivity contribution >= 4 is 32.7 Å². The fraction of sp³-hybridized carbons (Fsp3) is 0.300. The van der Waals surface area contributed by atoms with E-state index in [-0.39, 0.29) is 12.6 Å². The van der Waals surface area contributed by atoms with Crippen LogP contribution in [0.2, 0.25) is 0 Å². The Morgan fingerprint density at radius 3 is 2.87 bits per heavy atom. The highest BCUT2D eigenvalue weighted by atomic mass is 79.9. The number of nitrogens with two attached hydrogens (primary N) is 1. The highest BCUT2D eigenvalue weighted by molar-refractivity contribution is 9.10. The van der Waals surface area contributed by atoms with Crippen molar-refractivity contribution in [3.63, 3.8) is 0 Å². The molecule has 1 aliphatic rings. The van der Waals surface area contributed by atoms with Crippen molar-refractivity contribution in [2.24, 2.45) is 12.8 Å². The number of halogens is 2. The maximum absolute atomic E-state index is 14.1. The van der Waals surface area contributed by atoms with Crippen LogP contribution in [-0.4, -0.2) is 55.2 Å². The average molecular weight is 471 g/mol. The van der Waals surface area contributed by atoms with Crippen LogP contribution in [0, 0.1) is 0 Å². The van der Waals surface area contributed by atoms with Crippen molar-refractivity contribution in [1.82, 2.24) is 29.9 Å². The van der Waals surface area contributed by atoms with Gasteiger partial charge in [-0.15, -0.1) is 0 Å². The van der Waals surface area contributed by atoms with Gasteiger partial charge in [0.2, 0.25) is 0 Å². The molecule has 154 valence electrons. The lowest BCUT2D eigenvalue weighted by Crippen LogP contribution is -2.48. The standard InChI is InChI=1S/C20H20BrFN8/c1-29-8-11(6-25-29)17-5-14-18(7-24-17)27-28-19(14)16-3-2-15(21)20(26-16)30-9-12(22)4-13(23)10-30/h2-3,5-8,12-13H,4,9-10,23H2,1H3,(H,27,28)/t12-,13+/m1/s1. The van der Waals surface area contributed by atoms with E-state index >= 15 is 0 Å². The number of hydrogen-bond donors (Lipinski definition) is 2. The van der Waals surface area contributed by atoms with Gasteiger partial charge in [-0.25, -0.2) is 9.37 Å². The zero-order chi connectivity index (χ0) is 20.8. The van der Waals surface area contributed by atoms with Gasteiger partial charge in [-0.3, -0.25) is 14.8 Å². The smallest absolute Gasteiger partial charge is 0.143 e. The zero-order valence-corrected chi connectivity index (χ0v) is 17.8. The summed E-state index contributed by atoms with van der Waals surface area (Å²) in [5.74, 6) is 0.669. The van der Waals surface area contributed by atoms with Crippen LogP contribution in [0.4, 0.5) is 10.2 Å². The molecule has 1 aliphatic heterocycles. The van der Waals surface area contributed by atoms with Gasteiger partial charge in [0, 0.05) is 36.8 Å². The molecule has 0 radical (unpaired) electrons. The second-order valence-electron chi connectivity index (χ2n) is 7.59. The molecule has 0 aliphatic carbocycles. The molecule has 0 unspecified atom stereocenters. The number of nitrogens with one attached hydrogen (secondary N) is 1. The van der Waals surface area contributed by atoms with E-state index in [0.717, 1.165) is 26.6 Å². The van der Waals surface area contributed by atoms with Gasteiger partial charge in [-0.05, 0) is 40.5 Å². The van der Waals surface area contributed by atoms with Crippen molar-refractivity contribution in [3.05, 3.63) is 41.3 Å². The van der Waals surface area contributed by atoms with Gasteiger partial charge in [-0.1, -0.05) is 0 Å². The lowest BCUT2D eigenvalue weighted by molar-refractivity contribution is 0.268. The lowest BCUT2D eigenvalue weighted by atomic mass is 10.1. The van der Waals surface area contributed by atoms with Gasteiger partial charge < -0.3 is 10.6 Å². The molecule has 30 heavy (non-hydrogen) atoms. The number of aryl methyl sites for hydroxylation is 1. The quantitative estimate of drug-likeness (QED) is 0.477. The predicted octanol–water partition coefficient (Wildman–Crippen LogP) is 3.06. The third-order valence-electron chi connectivity index (χ3n) is 5.25. The number of alkyl halides is 1. The largest absolute Gasteiger partial charge is 0.351 e. The number of anilines is 1. The van der Waals surface area contributed by atoms with Gasteiger partial charge in [-0.2, -0.15) is 10.2 Å². The number of aromatic nitrogens is 6. The van der Waals surface area contributed by atoms with Crippen LogP contribution in [0.25, 0.3) is 33.5 Å². The Labute approximate surface area is 180 Å². The van der Waals surface area contributed by atoms with Crippen molar-refractivity contribution in [2.75, 3.05) is 18.0 Å². The molecule has 5 heterocycles. The molecule has 0 bridgehead atoms. The summed E-state index contributed by atoms with van der Waals surface area (Å²) in [6.07, 6.45) is 4.85. The Kier molecular flexibility index (Phi) is 4.75. The van der Waals surface area contributed by atoms with Crippen molar-refractivity contribution in [2.45, 2.75) is 18.6 Å². The topological polar surface area (TPSA) is 102 Å². The normalized spacial score (nSPS) is 19.5. The molecule has 2 atom stereocenters. The van der Waals surface area contributed by atoms with E-state index < -0.39 is 6.17 Å². The number of hydrogen-bond acceptors (Lipinski definition) is 6. The molecule has 1 saturated heterocycles. The van der Waals surface area contributed by atoms with E-state index in [9.17, 15) is 4.39 Å². The molecular formula is C20H20BrFN8. The molecule has 0 saturated carbocycles. The van der Waals surface area contributed by atoms with E-state index in [2.05, 4.69) is 36.2 Å². The Hall–Kier alpha value is -2.85. The van der Waals surface area contributed by atoms with Gasteiger partial charge in [0.25, 0.3) is 0 Å². The number of H-pyrrole nitrogens is 1. The molecule has 0 aromatic carbocycles. The van der Waals surface area contributed by atoms with Crippen LogP contribution in [0.3, 0.4) is 0 Å². The minimum absolute atomic E-state index is 0.217. The molecule has 4 aromatic heterocycles. The average Bonchev–Trinajstić information content (AvgIpc) is 3.33. The zero-order valence-electron chi connectivity index (χ0n) is 16.3. The number of fused-ring (bicyclic) bond motifs is 1. The maximum Gasteiger partial charge on any atom is 0.143 e. The first-order valence-electron chi connectivity index (χ1n) is 9.62. The number of pyridine rings is 2. The minimum Gasteiger partial charge on any atom is -0.351 e. The summed E-state index contributed by atoms with van der Waals surface area (Å²) < 4.78 is 16.6. The van der Waals surface area contributed by atoms with Crippen molar-refractivity contribution in [1.29, 1.82) is 0 Å². The Morgan fingerprint density at radius 2 is 2.10 bits per heavy atom. The summed E-state index contributed by atoms with van der Waals surface area (Å²) in [4.78, 5) is 11.2. The molecule has 10 heteroatoms. The highest BCUT2D eigenvalue weighted by Crippen LogP contribution is 2.33. The summed E-state index contributed by atoms with van der Waals surface area (Å²) in [6.45, 7) is 0.838. The monoisotopic (exact) mass is 470 g/mol. The molecule has 8 nitrogen and oxygen atoms in total. The number of piperidine rings is 1. The molecule has 4 aromatic rings. The lowest BCUT2D eigenvalue weighted by Gasteiger charge is -2.34. The van der Waals surface area contributed by atoms with Crippen LogP contribution in [0.5, 0.6) is 0 Å². The summed E-state index contributed by atoms with van der Waals surface area (Å²) in [5, 5.41) is 12.6. The van der Waals surface area contributed by atoms with Crippen LogP contribution in [0.1, 0.15) is 6.42 Å². The number of aromatic amines is 1. The molecule has 0 spiro atoms. The molecular weight excluding hydrogens is 451 g/mol. The first kappa shape index (κ1) is 19.1. The van der Waals surface area contributed by atoms with Crippen LogP contribution in [0.15, 0.2) is 41.3 Å². The van der Waals surface area contributed by atoms with Crippen LogP contribution >= 0.6 is 15.9 Å².